The molecule has 0 aromatic heterocycles. The van der Waals surface area contributed by atoms with Gasteiger partial charge in [0.2, 0.25) is 0 Å². The van der Waals surface area contributed by atoms with Crippen molar-refractivity contribution in [2.45, 2.75) is 82.8 Å². The molecular formula is C17H28O9S. The number of methoxy groups -OCH3 is 1. The van der Waals surface area contributed by atoms with Gasteiger partial charge in [-0.2, -0.15) is 8.42 Å². The maximum atomic E-state index is 11.7. The molecule has 27 heavy (non-hydrogen) atoms. The van der Waals surface area contributed by atoms with Gasteiger partial charge >= 0.3 is 5.97 Å². The fraction of sp³-hybridized carbons (Fsp3) is 0.882. The minimum Gasteiger partial charge on any atom is -0.467 e. The predicted molar refractivity (Wildman–Crippen MR) is 93.6 cm³/mol. The van der Waals surface area contributed by atoms with Crippen LogP contribution in [0.1, 0.15) is 40.0 Å². The summed E-state index contributed by atoms with van der Waals surface area (Å²) in [4.78, 5) is 23.2. The maximum Gasteiger partial charge on any atom is 0.334 e. The topological polar surface area (TPSA) is 114 Å². The highest BCUT2D eigenvalue weighted by Crippen LogP contribution is 2.41. The second-order valence-electron chi connectivity index (χ2n) is 6.60. The molecule has 0 aromatic rings. The molecule has 3 rings (SSSR count). The molecule has 3 heterocycles. The molecule has 0 spiro atoms. The van der Waals surface area contributed by atoms with Crippen molar-refractivity contribution in [2.24, 2.45) is 0 Å². The summed E-state index contributed by atoms with van der Waals surface area (Å²) in [7, 11) is -2.49. The van der Waals surface area contributed by atoms with Crippen LogP contribution in [0, 0.1) is 0 Å². The number of ether oxygens (including phenoxy) is 4. The SMILES string of the molecule is CC.COC(=O)C1CCC(C2OC3CC(C(C)=O)OC3C2OS(C)(=O)=O)O1. The Bertz CT molecular complexity index is 647. The Morgan fingerprint density at radius 1 is 0.963 bits per heavy atom. The van der Waals surface area contributed by atoms with E-state index in [-0.39, 0.29) is 5.78 Å². The lowest BCUT2D eigenvalue weighted by Crippen LogP contribution is -2.43. The highest BCUT2D eigenvalue weighted by molar-refractivity contribution is 7.86. The molecule has 0 N–H and O–H groups in total. The van der Waals surface area contributed by atoms with Crippen LogP contribution in [0.3, 0.4) is 0 Å². The van der Waals surface area contributed by atoms with Gasteiger partial charge in [0.1, 0.15) is 24.4 Å². The number of carbonyl (C=O) groups excluding carboxylic acids is 2. The van der Waals surface area contributed by atoms with Crippen molar-refractivity contribution in [1.29, 1.82) is 0 Å². The van der Waals surface area contributed by atoms with Gasteiger partial charge in [0.25, 0.3) is 10.1 Å². The monoisotopic (exact) mass is 408 g/mol. The van der Waals surface area contributed by atoms with Crippen LogP contribution in [0.5, 0.6) is 0 Å². The van der Waals surface area contributed by atoms with Gasteiger partial charge in [-0.15, -0.1) is 0 Å². The zero-order valence-electron chi connectivity index (χ0n) is 16.2. The average Bonchev–Trinajstić information content (AvgIpc) is 3.30. The van der Waals surface area contributed by atoms with Crippen molar-refractivity contribution < 1.29 is 41.1 Å². The van der Waals surface area contributed by atoms with Crippen molar-refractivity contribution in [3.63, 3.8) is 0 Å². The highest BCUT2D eigenvalue weighted by Gasteiger charge is 2.57. The summed E-state index contributed by atoms with van der Waals surface area (Å²) in [6.45, 7) is 5.41. The summed E-state index contributed by atoms with van der Waals surface area (Å²) in [5.41, 5.74) is 0. The Morgan fingerprint density at radius 2 is 1.59 bits per heavy atom. The summed E-state index contributed by atoms with van der Waals surface area (Å²) in [5.74, 6) is -0.621. The number of ketones is 1. The number of Topliss-reactive ketones (excluding diaryl/α,β-unsaturated/α-hetero) is 1. The third-order valence-electron chi connectivity index (χ3n) is 4.74. The van der Waals surface area contributed by atoms with Crippen LogP contribution in [-0.2, 0) is 42.8 Å². The maximum absolute atomic E-state index is 11.7. The minimum atomic E-state index is -3.77. The first kappa shape index (κ1) is 22.2. The van der Waals surface area contributed by atoms with E-state index in [0.29, 0.717) is 19.3 Å². The lowest BCUT2D eigenvalue weighted by atomic mass is 10.0. The molecule has 3 saturated heterocycles. The van der Waals surface area contributed by atoms with Crippen molar-refractivity contribution in [2.75, 3.05) is 13.4 Å². The molecule has 0 bridgehead atoms. The first-order chi connectivity index (χ1) is 12.7. The average molecular weight is 408 g/mol. The van der Waals surface area contributed by atoms with Gasteiger partial charge in [-0.3, -0.25) is 8.98 Å². The van der Waals surface area contributed by atoms with Crippen LogP contribution in [-0.4, -0.2) is 76.3 Å². The van der Waals surface area contributed by atoms with Crippen LogP contribution in [0.15, 0.2) is 0 Å². The largest absolute Gasteiger partial charge is 0.467 e. The van der Waals surface area contributed by atoms with Gasteiger partial charge in [0, 0.05) is 6.42 Å². The number of hydrogen-bond donors (Lipinski definition) is 0. The van der Waals surface area contributed by atoms with E-state index in [4.69, 9.17) is 18.4 Å². The van der Waals surface area contributed by atoms with E-state index in [0.717, 1.165) is 6.26 Å². The second-order valence-corrected chi connectivity index (χ2v) is 8.20. The van der Waals surface area contributed by atoms with Gasteiger partial charge in [-0.25, -0.2) is 4.79 Å². The van der Waals surface area contributed by atoms with Gasteiger partial charge < -0.3 is 18.9 Å². The molecule has 7 atom stereocenters. The Hall–Kier alpha value is -1.07. The first-order valence-corrected chi connectivity index (χ1v) is 10.9. The molecular weight excluding hydrogens is 380 g/mol. The third kappa shape index (κ3) is 5.05. The Kier molecular flexibility index (Phi) is 7.37. The lowest BCUT2D eigenvalue weighted by molar-refractivity contribution is -0.158. The van der Waals surface area contributed by atoms with E-state index in [1.165, 1.54) is 14.0 Å². The number of esters is 1. The minimum absolute atomic E-state index is 0.143. The molecule has 3 aliphatic rings. The van der Waals surface area contributed by atoms with Crippen LogP contribution < -0.4 is 0 Å². The molecule has 3 fully saturated rings. The summed E-state index contributed by atoms with van der Waals surface area (Å²) in [6, 6.07) is 0. The normalized spacial score (nSPS) is 38.0. The fourth-order valence-corrected chi connectivity index (χ4v) is 4.27. The third-order valence-corrected chi connectivity index (χ3v) is 5.31. The van der Waals surface area contributed by atoms with Crippen LogP contribution in [0.4, 0.5) is 0 Å². The standard InChI is InChI=1S/C15H22O9S.C2H6/c1-7(16)10-6-11-13(22-10)14(24-25(3,18)19)12(23-11)8-4-5-9(21-8)15(17)20-2;1-2/h8-14H,4-6H2,1-3H3;1-2H3. The van der Waals surface area contributed by atoms with Gasteiger partial charge in [0.15, 0.2) is 11.9 Å². The Morgan fingerprint density at radius 3 is 2.15 bits per heavy atom. The molecule has 0 saturated carbocycles. The number of hydrogen-bond acceptors (Lipinski definition) is 9. The van der Waals surface area contributed by atoms with Gasteiger partial charge in [0.05, 0.1) is 25.6 Å². The molecule has 0 aromatic carbocycles. The van der Waals surface area contributed by atoms with Crippen LogP contribution in [0.2, 0.25) is 0 Å². The van der Waals surface area contributed by atoms with Gasteiger partial charge in [-0.05, 0) is 19.8 Å². The van der Waals surface area contributed by atoms with Crippen LogP contribution >= 0.6 is 0 Å². The molecule has 10 heteroatoms. The first-order valence-electron chi connectivity index (χ1n) is 9.12. The van der Waals surface area contributed by atoms with E-state index in [1.54, 1.807) is 0 Å². The zero-order valence-corrected chi connectivity index (χ0v) is 17.1. The van der Waals surface area contributed by atoms with Crippen molar-refractivity contribution in [3.05, 3.63) is 0 Å². The summed E-state index contributed by atoms with van der Waals surface area (Å²) < 4.78 is 50.5. The highest BCUT2D eigenvalue weighted by atomic mass is 32.2. The van der Waals surface area contributed by atoms with Crippen molar-refractivity contribution in [1.82, 2.24) is 0 Å². The van der Waals surface area contributed by atoms with E-state index >= 15 is 0 Å². The van der Waals surface area contributed by atoms with E-state index in [2.05, 4.69) is 4.74 Å². The number of fused-ring (bicyclic) bond motifs is 1. The number of rotatable bonds is 5. The molecule has 0 amide bonds. The molecule has 0 aliphatic carbocycles. The van der Waals surface area contributed by atoms with Crippen LogP contribution in [0.25, 0.3) is 0 Å². The fourth-order valence-electron chi connectivity index (χ4n) is 3.65. The molecule has 3 aliphatic heterocycles. The summed E-state index contributed by atoms with van der Waals surface area (Å²) in [5, 5.41) is 0. The number of carbonyl (C=O) groups is 2. The smallest absolute Gasteiger partial charge is 0.334 e. The molecule has 7 unspecified atom stereocenters. The van der Waals surface area contributed by atoms with E-state index in [1.807, 2.05) is 13.8 Å². The van der Waals surface area contributed by atoms with E-state index < -0.39 is 58.8 Å². The van der Waals surface area contributed by atoms with Crippen molar-refractivity contribution >= 4 is 21.9 Å². The Labute approximate surface area is 159 Å². The lowest BCUT2D eigenvalue weighted by Gasteiger charge is -2.26. The predicted octanol–water partition coefficient (Wildman–Crippen LogP) is 0.592. The second kappa shape index (κ2) is 8.95. The molecule has 9 nitrogen and oxygen atoms in total. The van der Waals surface area contributed by atoms with Gasteiger partial charge in [-0.1, -0.05) is 13.8 Å². The quantitative estimate of drug-likeness (QED) is 0.476. The van der Waals surface area contributed by atoms with Crippen molar-refractivity contribution in [3.8, 4) is 0 Å². The summed E-state index contributed by atoms with van der Waals surface area (Å²) >= 11 is 0. The molecule has 156 valence electrons. The molecule has 0 radical (unpaired) electrons. The zero-order chi connectivity index (χ0) is 20.4. The van der Waals surface area contributed by atoms with E-state index in [9.17, 15) is 18.0 Å². The summed E-state index contributed by atoms with van der Waals surface area (Å²) in [6.07, 6.45) is -2.36. The Balaban J connectivity index is 0.00000126.